The molecule has 0 aliphatic heterocycles. The van der Waals surface area contributed by atoms with Crippen molar-refractivity contribution in [1.29, 1.82) is 0 Å². The molecule has 5 heteroatoms. The van der Waals surface area contributed by atoms with E-state index < -0.39 is 0 Å². The van der Waals surface area contributed by atoms with Crippen LogP contribution in [-0.4, -0.2) is 20.8 Å². The van der Waals surface area contributed by atoms with Gasteiger partial charge in [0.15, 0.2) is 11.6 Å². The van der Waals surface area contributed by atoms with Crippen LogP contribution in [0.2, 0.25) is 0 Å². The van der Waals surface area contributed by atoms with Crippen LogP contribution in [0, 0.1) is 5.82 Å². The molecule has 0 bridgehead atoms. The Hall–Kier alpha value is -1.59. The number of halogens is 1. The number of rotatable bonds is 7. The highest BCUT2D eigenvalue weighted by molar-refractivity contribution is 7.10. The number of ether oxygens (including phenoxy) is 2. The number of nitrogens with one attached hydrogen (secondary N) is 1. The summed E-state index contributed by atoms with van der Waals surface area (Å²) in [5.74, 6) is 0.810. The van der Waals surface area contributed by atoms with Crippen molar-refractivity contribution in [1.82, 2.24) is 5.32 Å². The molecule has 0 spiro atoms. The molecule has 1 aromatic heterocycles. The van der Waals surface area contributed by atoms with Crippen molar-refractivity contribution >= 4 is 11.3 Å². The van der Waals surface area contributed by atoms with E-state index in [2.05, 4.69) is 12.2 Å². The summed E-state index contributed by atoms with van der Waals surface area (Å²) in [6.45, 7) is 2.91. The Morgan fingerprint density at radius 1 is 1.24 bits per heavy atom. The number of methoxy groups -OCH3 is 2. The van der Waals surface area contributed by atoms with Crippen molar-refractivity contribution in [3.8, 4) is 11.5 Å². The van der Waals surface area contributed by atoms with E-state index in [9.17, 15) is 4.39 Å². The third kappa shape index (κ3) is 3.95. The first kappa shape index (κ1) is 15.8. The summed E-state index contributed by atoms with van der Waals surface area (Å²) in [5, 5.41) is 5.41. The molecule has 114 valence electrons. The lowest BCUT2D eigenvalue weighted by Crippen LogP contribution is -2.22. The van der Waals surface area contributed by atoms with Crippen LogP contribution < -0.4 is 14.8 Å². The van der Waals surface area contributed by atoms with Crippen molar-refractivity contribution in [3.05, 3.63) is 45.9 Å². The summed E-state index contributed by atoms with van der Waals surface area (Å²) in [7, 11) is 3.13. The van der Waals surface area contributed by atoms with E-state index in [-0.39, 0.29) is 17.6 Å². The molecular weight excluding hydrogens is 289 g/mol. The second-order valence-electron chi connectivity index (χ2n) is 4.67. The lowest BCUT2D eigenvalue weighted by atomic mass is 10.0. The highest BCUT2D eigenvalue weighted by Gasteiger charge is 2.15. The molecule has 0 saturated carbocycles. The Morgan fingerprint density at radius 3 is 2.62 bits per heavy atom. The fourth-order valence-corrected chi connectivity index (χ4v) is 3.15. The van der Waals surface area contributed by atoms with Crippen LogP contribution in [0.25, 0.3) is 0 Å². The first-order valence-electron chi connectivity index (χ1n) is 6.86. The molecule has 0 radical (unpaired) electrons. The summed E-state index contributed by atoms with van der Waals surface area (Å²) in [4.78, 5) is 1.19. The van der Waals surface area contributed by atoms with Crippen molar-refractivity contribution in [2.75, 3.05) is 20.8 Å². The molecule has 0 amide bonds. The van der Waals surface area contributed by atoms with Gasteiger partial charge in [-0.3, -0.25) is 0 Å². The van der Waals surface area contributed by atoms with Gasteiger partial charge in [-0.1, -0.05) is 13.0 Å². The molecule has 1 unspecified atom stereocenters. The summed E-state index contributed by atoms with van der Waals surface area (Å²) in [5.41, 5.74) is 0.937. The minimum absolute atomic E-state index is 0.150. The van der Waals surface area contributed by atoms with Crippen LogP contribution in [0.4, 0.5) is 4.39 Å². The van der Waals surface area contributed by atoms with E-state index in [1.807, 2.05) is 17.5 Å². The van der Waals surface area contributed by atoms with Gasteiger partial charge in [0.1, 0.15) is 5.75 Å². The normalized spacial score (nSPS) is 12.2. The van der Waals surface area contributed by atoms with Crippen molar-refractivity contribution in [2.45, 2.75) is 19.4 Å². The molecule has 2 aromatic rings. The minimum atomic E-state index is -0.325. The zero-order valence-corrected chi connectivity index (χ0v) is 13.3. The monoisotopic (exact) mass is 309 g/mol. The Morgan fingerprint density at radius 2 is 2.05 bits per heavy atom. The smallest absolute Gasteiger partial charge is 0.165 e. The van der Waals surface area contributed by atoms with Crippen molar-refractivity contribution < 1.29 is 13.9 Å². The van der Waals surface area contributed by atoms with Crippen molar-refractivity contribution in [3.63, 3.8) is 0 Å². The van der Waals surface area contributed by atoms with Crippen molar-refractivity contribution in [2.24, 2.45) is 0 Å². The predicted octanol–water partition coefficient (Wildman–Crippen LogP) is 3.80. The van der Waals surface area contributed by atoms with Gasteiger partial charge in [-0.15, -0.1) is 11.3 Å². The quantitative estimate of drug-likeness (QED) is 0.844. The second kappa shape index (κ2) is 7.43. The predicted molar refractivity (Wildman–Crippen MR) is 83.9 cm³/mol. The highest BCUT2D eigenvalue weighted by Crippen LogP contribution is 2.29. The summed E-state index contributed by atoms with van der Waals surface area (Å²) in [6, 6.07) is 7.28. The molecule has 1 N–H and O–H groups in total. The molecule has 1 atom stereocenters. The Labute approximate surface area is 128 Å². The van der Waals surface area contributed by atoms with Crippen LogP contribution in [-0.2, 0) is 6.42 Å². The zero-order valence-electron chi connectivity index (χ0n) is 12.5. The molecule has 2 rings (SSSR count). The summed E-state index contributed by atoms with van der Waals surface area (Å²) < 4.78 is 24.0. The van der Waals surface area contributed by atoms with Gasteiger partial charge >= 0.3 is 0 Å². The summed E-state index contributed by atoms with van der Waals surface area (Å²) in [6.07, 6.45) is 0.721. The maximum Gasteiger partial charge on any atom is 0.165 e. The number of likely N-dealkylation sites (N-methyl/N-ethyl adjacent to an activating group) is 1. The van der Waals surface area contributed by atoms with Crippen LogP contribution in [0.15, 0.2) is 29.6 Å². The SMILES string of the molecule is CCNC(Cc1ccc(OC)c(F)c1)c1cc(OC)cs1. The number of benzene rings is 1. The van der Waals surface area contributed by atoms with Gasteiger partial charge in [0.2, 0.25) is 0 Å². The average Bonchev–Trinajstić information content (AvgIpc) is 2.96. The molecule has 0 aliphatic carbocycles. The number of hydrogen-bond donors (Lipinski definition) is 1. The van der Waals surface area contributed by atoms with Gasteiger partial charge in [0, 0.05) is 16.3 Å². The third-order valence-electron chi connectivity index (χ3n) is 3.28. The highest BCUT2D eigenvalue weighted by atomic mass is 32.1. The molecule has 21 heavy (non-hydrogen) atoms. The van der Waals surface area contributed by atoms with Crippen LogP contribution in [0.5, 0.6) is 11.5 Å². The molecule has 0 saturated heterocycles. The van der Waals surface area contributed by atoms with Crippen LogP contribution >= 0.6 is 11.3 Å². The lowest BCUT2D eigenvalue weighted by Gasteiger charge is -2.17. The fourth-order valence-electron chi connectivity index (χ4n) is 2.22. The van der Waals surface area contributed by atoms with E-state index in [1.54, 1.807) is 24.5 Å². The van der Waals surface area contributed by atoms with E-state index in [0.717, 1.165) is 24.3 Å². The molecule has 1 heterocycles. The van der Waals surface area contributed by atoms with E-state index in [4.69, 9.17) is 9.47 Å². The molecule has 3 nitrogen and oxygen atoms in total. The van der Waals surface area contributed by atoms with Crippen LogP contribution in [0.1, 0.15) is 23.4 Å². The Balaban J connectivity index is 2.17. The molecular formula is C16H20FNO2S. The largest absolute Gasteiger partial charge is 0.496 e. The standard InChI is InChI=1S/C16H20FNO2S/c1-4-18-14(16-9-12(19-2)10-21-16)8-11-5-6-15(20-3)13(17)7-11/h5-7,9-10,14,18H,4,8H2,1-3H3. The number of thiophene rings is 1. The third-order valence-corrected chi connectivity index (χ3v) is 4.31. The average molecular weight is 309 g/mol. The second-order valence-corrected chi connectivity index (χ2v) is 5.61. The van der Waals surface area contributed by atoms with Gasteiger partial charge in [-0.05, 0) is 36.7 Å². The molecule has 0 aliphatic rings. The topological polar surface area (TPSA) is 30.5 Å². The van der Waals surface area contributed by atoms with Gasteiger partial charge in [0.05, 0.1) is 14.2 Å². The maximum atomic E-state index is 13.8. The first-order valence-corrected chi connectivity index (χ1v) is 7.74. The Bertz CT molecular complexity index is 585. The Kier molecular flexibility index (Phi) is 5.59. The van der Waals surface area contributed by atoms with Gasteiger partial charge < -0.3 is 14.8 Å². The molecule has 1 aromatic carbocycles. The lowest BCUT2D eigenvalue weighted by molar-refractivity contribution is 0.386. The molecule has 0 fully saturated rings. The fraction of sp³-hybridized carbons (Fsp3) is 0.375. The maximum absolute atomic E-state index is 13.8. The first-order chi connectivity index (χ1) is 10.2. The summed E-state index contributed by atoms with van der Waals surface area (Å²) >= 11 is 1.65. The van der Waals surface area contributed by atoms with Gasteiger partial charge in [-0.25, -0.2) is 4.39 Å². The van der Waals surface area contributed by atoms with E-state index >= 15 is 0 Å². The van der Waals surface area contributed by atoms with Gasteiger partial charge in [-0.2, -0.15) is 0 Å². The number of hydrogen-bond acceptors (Lipinski definition) is 4. The van der Waals surface area contributed by atoms with Gasteiger partial charge in [0.25, 0.3) is 0 Å². The van der Waals surface area contributed by atoms with E-state index in [0.29, 0.717) is 0 Å². The zero-order chi connectivity index (χ0) is 15.2. The van der Waals surface area contributed by atoms with E-state index in [1.165, 1.54) is 18.1 Å². The van der Waals surface area contributed by atoms with Crippen LogP contribution in [0.3, 0.4) is 0 Å². The minimum Gasteiger partial charge on any atom is -0.496 e.